The molecular weight excluding hydrogens is 279 g/mol. The van der Waals surface area contributed by atoms with Crippen LogP contribution >= 0.6 is 0 Å². The average molecular weight is 298 g/mol. The molecule has 2 aromatic carbocycles. The molecule has 1 aliphatic heterocycles. The number of anilines is 2. The van der Waals surface area contributed by atoms with Crippen molar-refractivity contribution in [2.75, 3.05) is 10.2 Å². The van der Waals surface area contributed by atoms with Crippen LogP contribution in [0.4, 0.5) is 15.8 Å². The molecule has 0 bridgehead atoms. The van der Waals surface area contributed by atoms with Crippen LogP contribution in [0.3, 0.4) is 0 Å². The lowest BCUT2D eigenvalue weighted by atomic mass is 10.1. The Bertz CT molecular complexity index is 684. The normalized spacial score (nSPS) is 18.0. The number of hydrogen-bond donors (Lipinski definition) is 1. The predicted molar refractivity (Wildman–Crippen MR) is 86.6 cm³/mol. The zero-order valence-corrected chi connectivity index (χ0v) is 12.7. The SMILES string of the molecule is C[C@H](Nc1ccc(F)cc1)C(=O)N1c2ccccc2C[C@@H]1C. The number of benzene rings is 2. The zero-order valence-electron chi connectivity index (χ0n) is 12.7. The topological polar surface area (TPSA) is 32.3 Å². The van der Waals surface area contributed by atoms with Gasteiger partial charge in [-0.15, -0.1) is 0 Å². The van der Waals surface area contributed by atoms with Gasteiger partial charge in [-0.2, -0.15) is 0 Å². The van der Waals surface area contributed by atoms with Crippen molar-refractivity contribution in [1.82, 2.24) is 0 Å². The maximum Gasteiger partial charge on any atom is 0.249 e. The van der Waals surface area contributed by atoms with Gasteiger partial charge in [0.1, 0.15) is 11.9 Å². The molecule has 0 fully saturated rings. The van der Waals surface area contributed by atoms with Crippen LogP contribution in [0, 0.1) is 5.82 Å². The first kappa shape index (κ1) is 14.6. The number of hydrogen-bond acceptors (Lipinski definition) is 2. The molecule has 4 heteroatoms. The molecule has 2 aromatic rings. The second kappa shape index (κ2) is 5.79. The van der Waals surface area contributed by atoms with Crippen LogP contribution in [-0.2, 0) is 11.2 Å². The number of para-hydroxylation sites is 1. The van der Waals surface area contributed by atoms with Crippen LogP contribution < -0.4 is 10.2 Å². The van der Waals surface area contributed by atoms with E-state index < -0.39 is 0 Å². The van der Waals surface area contributed by atoms with Crippen molar-refractivity contribution in [3.8, 4) is 0 Å². The van der Waals surface area contributed by atoms with Gasteiger partial charge in [-0.25, -0.2) is 4.39 Å². The van der Waals surface area contributed by atoms with Crippen LogP contribution in [0.15, 0.2) is 48.5 Å². The Balaban J connectivity index is 1.77. The molecule has 0 saturated carbocycles. The Morgan fingerprint density at radius 1 is 1.23 bits per heavy atom. The Morgan fingerprint density at radius 2 is 1.91 bits per heavy atom. The van der Waals surface area contributed by atoms with E-state index in [2.05, 4.69) is 18.3 Å². The number of fused-ring (bicyclic) bond motifs is 1. The van der Waals surface area contributed by atoms with Gasteiger partial charge in [-0.1, -0.05) is 18.2 Å². The smallest absolute Gasteiger partial charge is 0.249 e. The first-order valence-corrected chi connectivity index (χ1v) is 7.49. The molecule has 1 heterocycles. The zero-order chi connectivity index (χ0) is 15.7. The lowest BCUT2D eigenvalue weighted by Crippen LogP contribution is -2.44. The van der Waals surface area contributed by atoms with Gasteiger partial charge in [0.05, 0.1) is 0 Å². The third-order valence-electron chi connectivity index (χ3n) is 4.04. The maximum absolute atomic E-state index is 12.9. The van der Waals surface area contributed by atoms with Gasteiger partial charge in [0.25, 0.3) is 0 Å². The molecule has 3 nitrogen and oxygen atoms in total. The molecule has 2 atom stereocenters. The van der Waals surface area contributed by atoms with E-state index in [4.69, 9.17) is 0 Å². The van der Waals surface area contributed by atoms with Gasteiger partial charge in [-0.05, 0) is 56.2 Å². The minimum atomic E-state index is -0.376. The Morgan fingerprint density at radius 3 is 2.64 bits per heavy atom. The predicted octanol–water partition coefficient (Wildman–Crippen LogP) is 3.60. The van der Waals surface area contributed by atoms with Crippen molar-refractivity contribution in [2.24, 2.45) is 0 Å². The number of nitrogens with one attached hydrogen (secondary N) is 1. The van der Waals surface area contributed by atoms with Crippen LogP contribution in [0.5, 0.6) is 0 Å². The summed E-state index contributed by atoms with van der Waals surface area (Å²) >= 11 is 0. The van der Waals surface area contributed by atoms with E-state index in [-0.39, 0.29) is 23.8 Å². The van der Waals surface area contributed by atoms with Crippen molar-refractivity contribution in [3.63, 3.8) is 0 Å². The van der Waals surface area contributed by atoms with Crippen LogP contribution in [0.25, 0.3) is 0 Å². The second-order valence-electron chi connectivity index (χ2n) is 5.76. The number of carbonyl (C=O) groups excluding carboxylic acids is 1. The average Bonchev–Trinajstić information content (AvgIpc) is 2.84. The monoisotopic (exact) mass is 298 g/mol. The summed E-state index contributed by atoms with van der Waals surface area (Å²) < 4.78 is 12.9. The second-order valence-corrected chi connectivity index (χ2v) is 5.76. The molecule has 0 aromatic heterocycles. The van der Waals surface area contributed by atoms with Gasteiger partial charge in [-0.3, -0.25) is 4.79 Å². The highest BCUT2D eigenvalue weighted by molar-refractivity contribution is 6.00. The molecule has 0 saturated heterocycles. The molecule has 22 heavy (non-hydrogen) atoms. The number of carbonyl (C=O) groups is 1. The van der Waals surface area contributed by atoms with Crippen molar-refractivity contribution in [2.45, 2.75) is 32.4 Å². The maximum atomic E-state index is 12.9. The summed E-state index contributed by atoms with van der Waals surface area (Å²) in [6.07, 6.45) is 0.880. The highest BCUT2D eigenvalue weighted by Crippen LogP contribution is 2.32. The van der Waals surface area contributed by atoms with Crippen molar-refractivity contribution < 1.29 is 9.18 Å². The van der Waals surface area contributed by atoms with Crippen molar-refractivity contribution >= 4 is 17.3 Å². The van der Waals surface area contributed by atoms with E-state index in [1.165, 1.54) is 17.7 Å². The largest absolute Gasteiger partial charge is 0.374 e. The van der Waals surface area contributed by atoms with Crippen molar-refractivity contribution in [1.29, 1.82) is 0 Å². The van der Waals surface area contributed by atoms with Gasteiger partial charge < -0.3 is 10.2 Å². The minimum Gasteiger partial charge on any atom is -0.374 e. The summed E-state index contributed by atoms with van der Waals surface area (Å²) in [6, 6.07) is 13.8. The summed E-state index contributed by atoms with van der Waals surface area (Å²) in [5.41, 5.74) is 2.94. The summed E-state index contributed by atoms with van der Waals surface area (Å²) in [5, 5.41) is 3.14. The highest BCUT2D eigenvalue weighted by Gasteiger charge is 2.32. The molecular formula is C18H19FN2O. The highest BCUT2D eigenvalue weighted by atomic mass is 19.1. The molecule has 114 valence electrons. The molecule has 0 spiro atoms. The fraction of sp³-hybridized carbons (Fsp3) is 0.278. The van der Waals surface area contributed by atoms with Crippen LogP contribution in [-0.4, -0.2) is 18.0 Å². The van der Waals surface area contributed by atoms with E-state index >= 15 is 0 Å². The first-order valence-electron chi connectivity index (χ1n) is 7.49. The van der Waals surface area contributed by atoms with E-state index in [0.717, 1.165) is 17.8 Å². The molecule has 1 amide bonds. The Kier molecular flexibility index (Phi) is 3.84. The fourth-order valence-corrected chi connectivity index (χ4v) is 2.97. The van der Waals surface area contributed by atoms with Crippen molar-refractivity contribution in [3.05, 3.63) is 59.9 Å². The minimum absolute atomic E-state index is 0.0294. The lowest BCUT2D eigenvalue weighted by Gasteiger charge is -2.27. The van der Waals surface area contributed by atoms with Gasteiger partial charge >= 0.3 is 0 Å². The van der Waals surface area contributed by atoms with Gasteiger partial charge in [0, 0.05) is 17.4 Å². The summed E-state index contributed by atoms with van der Waals surface area (Å²) in [7, 11) is 0. The quantitative estimate of drug-likeness (QED) is 0.939. The summed E-state index contributed by atoms with van der Waals surface area (Å²) in [6.45, 7) is 3.89. The molecule has 0 radical (unpaired) electrons. The molecule has 0 aliphatic carbocycles. The molecule has 1 aliphatic rings. The van der Waals surface area contributed by atoms with Gasteiger partial charge in [0.15, 0.2) is 0 Å². The number of amides is 1. The van der Waals surface area contributed by atoms with Gasteiger partial charge in [0.2, 0.25) is 5.91 Å². The summed E-state index contributed by atoms with van der Waals surface area (Å²) in [5.74, 6) is -0.256. The fourth-order valence-electron chi connectivity index (χ4n) is 2.97. The standard InChI is InChI=1S/C18H19FN2O/c1-12-11-14-5-3-4-6-17(14)21(12)18(22)13(2)20-16-9-7-15(19)8-10-16/h3-10,12-13,20H,11H2,1-2H3/t12-,13-/m0/s1. The van der Waals surface area contributed by atoms with Crippen LogP contribution in [0.2, 0.25) is 0 Å². The number of halogens is 1. The Hall–Kier alpha value is -2.36. The summed E-state index contributed by atoms with van der Waals surface area (Å²) in [4.78, 5) is 14.6. The molecule has 0 unspecified atom stereocenters. The number of rotatable bonds is 3. The van der Waals surface area contributed by atoms with E-state index in [1.807, 2.05) is 30.0 Å². The van der Waals surface area contributed by atoms with E-state index in [0.29, 0.717) is 0 Å². The van der Waals surface area contributed by atoms with Crippen LogP contribution in [0.1, 0.15) is 19.4 Å². The third-order valence-corrected chi connectivity index (χ3v) is 4.04. The lowest BCUT2D eigenvalue weighted by molar-refractivity contribution is -0.119. The van der Waals surface area contributed by atoms with E-state index in [1.54, 1.807) is 12.1 Å². The Labute approximate surface area is 129 Å². The number of nitrogens with zero attached hydrogens (tertiary/aromatic N) is 1. The molecule has 1 N–H and O–H groups in total. The molecule has 3 rings (SSSR count). The van der Waals surface area contributed by atoms with E-state index in [9.17, 15) is 9.18 Å². The first-order chi connectivity index (χ1) is 10.6. The third kappa shape index (κ3) is 2.69.